The molecule has 0 bridgehead atoms. The minimum atomic E-state index is -4.54. The molecule has 9 heteroatoms. The molecule has 2 rings (SSSR count). The second kappa shape index (κ2) is 5.99. The predicted molar refractivity (Wildman–Crippen MR) is 74.9 cm³/mol. The van der Waals surface area contributed by atoms with Crippen molar-refractivity contribution in [2.24, 2.45) is 0 Å². The highest BCUT2D eigenvalue weighted by Crippen LogP contribution is 2.29. The molecule has 0 saturated heterocycles. The monoisotopic (exact) mass is 349 g/mol. The molecule has 1 atom stereocenters. The van der Waals surface area contributed by atoms with Crippen LogP contribution in [0.4, 0.5) is 13.2 Å². The van der Waals surface area contributed by atoms with Gasteiger partial charge >= 0.3 is 6.18 Å². The zero-order valence-electron chi connectivity index (χ0n) is 12.0. The lowest BCUT2D eigenvalue weighted by Gasteiger charge is -2.21. The van der Waals surface area contributed by atoms with Gasteiger partial charge in [0.1, 0.15) is 11.4 Å². The molecular formula is C14H14F3NO4S. The Morgan fingerprint density at radius 1 is 1.17 bits per heavy atom. The van der Waals surface area contributed by atoms with Crippen molar-refractivity contribution in [3.8, 4) is 0 Å². The van der Waals surface area contributed by atoms with E-state index in [9.17, 15) is 26.7 Å². The number of halogens is 3. The number of rotatable bonds is 5. The number of aliphatic hydroxyl groups is 1. The van der Waals surface area contributed by atoms with E-state index < -0.39 is 33.9 Å². The van der Waals surface area contributed by atoms with Crippen molar-refractivity contribution in [1.29, 1.82) is 0 Å². The number of sulfonamides is 1. The number of furan rings is 1. The van der Waals surface area contributed by atoms with E-state index in [1.54, 1.807) is 0 Å². The first kappa shape index (κ1) is 17.5. The summed E-state index contributed by atoms with van der Waals surface area (Å²) in [6.45, 7) is 0.949. The summed E-state index contributed by atoms with van der Waals surface area (Å²) in [5, 5.41) is 10.2. The fraction of sp³-hybridized carbons (Fsp3) is 0.286. The van der Waals surface area contributed by atoms with Crippen molar-refractivity contribution >= 4 is 10.0 Å². The number of alkyl halides is 3. The molecule has 0 fully saturated rings. The molecule has 126 valence electrons. The van der Waals surface area contributed by atoms with E-state index >= 15 is 0 Å². The third kappa shape index (κ3) is 4.12. The SMILES string of the molecule is CC(O)(CNS(=O)(=O)c1ccc(C(F)(F)F)cc1)c1ccco1. The van der Waals surface area contributed by atoms with Gasteiger partial charge in [-0.15, -0.1) is 0 Å². The van der Waals surface area contributed by atoms with Crippen molar-refractivity contribution in [3.05, 3.63) is 54.0 Å². The Morgan fingerprint density at radius 2 is 1.78 bits per heavy atom. The molecular weight excluding hydrogens is 335 g/mol. The van der Waals surface area contributed by atoms with Crippen molar-refractivity contribution in [3.63, 3.8) is 0 Å². The quantitative estimate of drug-likeness (QED) is 0.869. The van der Waals surface area contributed by atoms with E-state index in [1.807, 2.05) is 0 Å². The predicted octanol–water partition coefficient (Wildman–Crippen LogP) is 2.48. The first-order valence-electron chi connectivity index (χ1n) is 6.46. The van der Waals surface area contributed by atoms with Crippen molar-refractivity contribution in [1.82, 2.24) is 4.72 Å². The van der Waals surface area contributed by atoms with Crippen LogP contribution >= 0.6 is 0 Å². The Morgan fingerprint density at radius 3 is 2.26 bits per heavy atom. The van der Waals surface area contributed by atoms with Crippen LogP contribution in [0.5, 0.6) is 0 Å². The third-order valence-electron chi connectivity index (χ3n) is 3.15. The average Bonchev–Trinajstić information content (AvgIpc) is 3.00. The molecule has 1 unspecified atom stereocenters. The lowest BCUT2D eigenvalue weighted by Crippen LogP contribution is -2.38. The van der Waals surface area contributed by atoms with Gasteiger partial charge < -0.3 is 9.52 Å². The topological polar surface area (TPSA) is 79.5 Å². The van der Waals surface area contributed by atoms with Gasteiger partial charge in [0.25, 0.3) is 0 Å². The maximum absolute atomic E-state index is 12.5. The van der Waals surface area contributed by atoms with Crippen LogP contribution in [0.3, 0.4) is 0 Å². The molecule has 0 aliphatic carbocycles. The van der Waals surface area contributed by atoms with Crippen LogP contribution in [0.25, 0.3) is 0 Å². The minimum absolute atomic E-state index is 0.160. The van der Waals surface area contributed by atoms with Gasteiger partial charge in [0, 0.05) is 6.54 Å². The van der Waals surface area contributed by atoms with Gasteiger partial charge in [-0.3, -0.25) is 0 Å². The van der Waals surface area contributed by atoms with Gasteiger partial charge in [0.15, 0.2) is 0 Å². The summed E-state index contributed by atoms with van der Waals surface area (Å²) in [5.41, 5.74) is -2.54. The van der Waals surface area contributed by atoms with Crippen LogP contribution in [0.15, 0.2) is 52.0 Å². The smallest absolute Gasteiger partial charge is 0.416 e. The molecule has 2 N–H and O–H groups in total. The molecule has 23 heavy (non-hydrogen) atoms. The summed E-state index contributed by atoms with van der Waals surface area (Å²) < 4.78 is 68.7. The summed E-state index contributed by atoms with van der Waals surface area (Å²) in [5.74, 6) is 0.160. The van der Waals surface area contributed by atoms with E-state index in [1.165, 1.54) is 25.3 Å². The Labute approximate surface area is 130 Å². The van der Waals surface area contributed by atoms with E-state index in [4.69, 9.17) is 4.42 Å². The Hall–Kier alpha value is -1.84. The molecule has 0 aliphatic heterocycles. The zero-order chi connectivity index (χ0) is 17.3. The minimum Gasteiger partial charge on any atom is -0.466 e. The largest absolute Gasteiger partial charge is 0.466 e. The van der Waals surface area contributed by atoms with Crippen LogP contribution < -0.4 is 4.72 Å². The molecule has 0 spiro atoms. The second-order valence-electron chi connectivity index (χ2n) is 5.10. The summed E-state index contributed by atoms with van der Waals surface area (Å²) in [6.07, 6.45) is -3.22. The molecule has 0 amide bonds. The van der Waals surface area contributed by atoms with E-state index in [-0.39, 0.29) is 10.7 Å². The van der Waals surface area contributed by atoms with Gasteiger partial charge in [0.05, 0.1) is 16.7 Å². The molecule has 1 aromatic carbocycles. The van der Waals surface area contributed by atoms with E-state index in [0.717, 1.165) is 12.1 Å². The summed E-state index contributed by atoms with van der Waals surface area (Å²) >= 11 is 0. The van der Waals surface area contributed by atoms with Gasteiger partial charge in [0.2, 0.25) is 10.0 Å². The Kier molecular flexibility index (Phi) is 4.56. The number of hydrogen-bond acceptors (Lipinski definition) is 4. The third-order valence-corrected chi connectivity index (χ3v) is 4.57. The normalized spacial score (nSPS) is 15.3. The molecule has 2 aromatic rings. The Bertz CT molecular complexity index is 750. The maximum atomic E-state index is 12.5. The lowest BCUT2D eigenvalue weighted by atomic mass is 10.1. The van der Waals surface area contributed by atoms with Crippen LogP contribution in [0.1, 0.15) is 18.2 Å². The maximum Gasteiger partial charge on any atom is 0.416 e. The lowest BCUT2D eigenvalue weighted by molar-refractivity contribution is -0.137. The van der Waals surface area contributed by atoms with Gasteiger partial charge in [-0.2, -0.15) is 13.2 Å². The van der Waals surface area contributed by atoms with Crippen molar-refractivity contribution in [2.45, 2.75) is 23.6 Å². The number of nitrogens with one attached hydrogen (secondary N) is 1. The van der Waals surface area contributed by atoms with Crippen molar-refractivity contribution in [2.75, 3.05) is 6.54 Å². The van der Waals surface area contributed by atoms with Gasteiger partial charge in [-0.1, -0.05) is 0 Å². The molecule has 5 nitrogen and oxygen atoms in total. The van der Waals surface area contributed by atoms with Crippen LogP contribution in [0.2, 0.25) is 0 Å². The highest BCUT2D eigenvalue weighted by molar-refractivity contribution is 7.89. The van der Waals surface area contributed by atoms with Crippen LogP contribution in [-0.4, -0.2) is 20.1 Å². The first-order chi connectivity index (χ1) is 10.5. The van der Waals surface area contributed by atoms with E-state index in [0.29, 0.717) is 12.1 Å². The summed E-state index contributed by atoms with van der Waals surface area (Å²) in [7, 11) is -4.07. The highest BCUT2D eigenvalue weighted by atomic mass is 32.2. The standard InChI is InChI=1S/C14H14F3NO4S/c1-13(19,12-3-2-8-22-12)9-18-23(20,21)11-6-4-10(5-7-11)14(15,16)17/h2-8,18-19H,9H2,1H3. The van der Waals surface area contributed by atoms with Gasteiger partial charge in [-0.05, 0) is 43.3 Å². The summed E-state index contributed by atoms with van der Waals surface area (Å²) in [6, 6.07) is 6.08. The molecule has 0 saturated carbocycles. The van der Waals surface area contributed by atoms with Crippen LogP contribution in [0, 0.1) is 0 Å². The average molecular weight is 349 g/mol. The summed E-state index contributed by atoms with van der Waals surface area (Å²) in [4.78, 5) is -0.333. The fourth-order valence-corrected chi connectivity index (χ4v) is 2.95. The Balaban J connectivity index is 2.13. The van der Waals surface area contributed by atoms with E-state index in [2.05, 4.69) is 4.72 Å². The number of benzene rings is 1. The van der Waals surface area contributed by atoms with Crippen LogP contribution in [-0.2, 0) is 21.8 Å². The molecule has 0 radical (unpaired) electrons. The zero-order valence-corrected chi connectivity index (χ0v) is 12.8. The highest BCUT2D eigenvalue weighted by Gasteiger charge is 2.31. The first-order valence-corrected chi connectivity index (χ1v) is 7.94. The van der Waals surface area contributed by atoms with Crippen molar-refractivity contribution < 1.29 is 31.1 Å². The molecule has 1 heterocycles. The second-order valence-corrected chi connectivity index (χ2v) is 6.86. The fourth-order valence-electron chi connectivity index (χ4n) is 1.81. The van der Waals surface area contributed by atoms with Gasteiger partial charge in [-0.25, -0.2) is 13.1 Å². The molecule has 1 aromatic heterocycles. The number of hydrogen-bond donors (Lipinski definition) is 2. The molecule has 0 aliphatic rings.